The van der Waals surface area contributed by atoms with Gasteiger partial charge >= 0.3 is 6.09 Å². The van der Waals surface area contributed by atoms with E-state index in [9.17, 15) is 23.2 Å². The van der Waals surface area contributed by atoms with Crippen molar-refractivity contribution in [2.24, 2.45) is 0 Å². The normalized spacial score (nSPS) is 18.3. The van der Waals surface area contributed by atoms with Crippen molar-refractivity contribution in [2.45, 2.75) is 24.9 Å². The Kier molecular flexibility index (Phi) is 5.86. The minimum absolute atomic E-state index is 0.0516. The molecule has 38 heavy (non-hydrogen) atoms. The number of amides is 2. The number of aromatic amines is 1. The molecule has 2 aliphatic rings. The second-order valence-corrected chi connectivity index (χ2v) is 9.51. The van der Waals surface area contributed by atoms with Crippen LogP contribution in [0.1, 0.15) is 28.0 Å². The first-order valence-electron chi connectivity index (χ1n) is 12.2. The van der Waals surface area contributed by atoms with Gasteiger partial charge in [0.25, 0.3) is 11.5 Å². The van der Waals surface area contributed by atoms with Crippen LogP contribution >= 0.6 is 0 Å². The van der Waals surface area contributed by atoms with Gasteiger partial charge in [-0.15, -0.1) is 0 Å². The Labute approximate surface area is 215 Å². The zero-order valence-corrected chi connectivity index (χ0v) is 20.1. The Morgan fingerprint density at radius 3 is 2.39 bits per heavy atom. The molecule has 2 saturated heterocycles. The van der Waals surface area contributed by atoms with Crippen LogP contribution in [-0.2, 0) is 6.42 Å². The van der Waals surface area contributed by atoms with Crippen molar-refractivity contribution in [3.8, 4) is 5.75 Å². The number of likely N-dealkylation sites (tertiary alicyclic amines) is 2. The van der Waals surface area contributed by atoms with Crippen molar-refractivity contribution in [1.82, 2.24) is 20.0 Å². The second kappa shape index (κ2) is 9.37. The molecule has 0 aliphatic carbocycles. The number of carbonyl (C=O) groups is 2. The molecule has 1 N–H and O–H groups in total. The summed E-state index contributed by atoms with van der Waals surface area (Å²) in [5.74, 6) is -1.27. The van der Waals surface area contributed by atoms with E-state index < -0.39 is 23.6 Å². The van der Waals surface area contributed by atoms with Crippen LogP contribution in [0.4, 0.5) is 13.6 Å². The zero-order chi connectivity index (χ0) is 26.4. The fourth-order valence-electron chi connectivity index (χ4n) is 5.30. The molecule has 2 aliphatic heterocycles. The molecule has 10 heteroatoms. The minimum atomic E-state index is -0.631. The molecule has 4 aromatic rings. The molecule has 6 rings (SSSR count). The first kappa shape index (κ1) is 23.8. The smallest absolute Gasteiger partial charge is 0.410 e. The van der Waals surface area contributed by atoms with Crippen LogP contribution in [0.3, 0.4) is 0 Å². The summed E-state index contributed by atoms with van der Waals surface area (Å²) in [5, 5.41) is 7.86. The van der Waals surface area contributed by atoms with Gasteiger partial charge in [0.05, 0.1) is 28.7 Å². The van der Waals surface area contributed by atoms with Crippen molar-refractivity contribution >= 4 is 22.8 Å². The number of nitrogens with one attached hydrogen (secondary N) is 1. The monoisotopic (exact) mass is 516 g/mol. The second-order valence-electron chi connectivity index (χ2n) is 9.51. The molecule has 3 heterocycles. The summed E-state index contributed by atoms with van der Waals surface area (Å²) in [6, 6.07) is 16.1. The van der Waals surface area contributed by atoms with Crippen LogP contribution < -0.4 is 10.3 Å². The van der Waals surface area contributed by atoms with E-state index in [1.54, 1.807) is 34.1 Å². The number of hydrogen-bond donors (Lipinski definition) is 1. The number of ether oxygens (including phenoxy) is 1. The first-order valence-corrected chi connectivity index (χ1v) is 12.2. The summed E-state index contributed by atoms with van der Waals surface area (Å²) >= 11 is 0. The number of rotatable bonds is 4. The van der Waals surface area contributed by atoms with Gasteiger partial charge in [-0.2, -0.15) is 5.10 Å². The SMILES string of the molecule is O=C(Oc1ccc(F)cc1)N1CC2CC1CN2C(=O)c1cc(Cc2n[nH]c(=O)c3ccccc23)ccc1F. The van der Waals surface area contributed by atoms with Crippen LogP contribution in [0.15, 0.2) is 71.5 Å². The van der Waals surface area contributed by atoms with E-state index in [0.29, 0.717) is 34.9 Å². The maximum atomic E-state index is 14.8. The molecule has 2 unspecified atom stereocenters. The Morgan fingerprint density at radius 2 is 1.66 bits per heavy atom. The van der Waals surface area contributed by atoms with Crippen molar-refractivity contribution in [2.75, 3.05) is 13.1 Å². The van der Waals surface area contributed by atoms with Gasteiger partial charge in [-0.1, -0.05) is 24.3 Å². The van der Waals surface area contributed by atoms with E-state index in [0.717, 1.165) is 0 Å². The van der Waals surface area contributed by atoms with Crippen LogP contribution in [0, 0.1) is 11.6 Å². The quantitative estimate of drug-likeness (QED) is 0.444. The lowest BCUT2D eigenvalue weighted by molar-refractivity contribution is 0.0617. The van der Waals surface area contributed by atoms with Gasteiger partial charge in [0, 0.05) is 24.9 Å². The number of nitrogens with zero attached hydrogens (tertiary/aromatic N) is 3. The minimum Gasteiger partial charge on any atom is -0.410 e. The number of halogens is 2. The van der Waals surface area contributed by atoms with Gasteiger partial charge in [0.15, 0.2) is 0 Å². The Hall–Kier alpha value is -4.60. The molecule has 2 atom stereocenters. The predicted molar refractivity (Wildman–Crippen MR) is 134 cm³/mol. The predicted octanol–water partition coefficient (Wildman–Crippen LogP) is 3.89. The highest BCUT2D eigenvalue weighted by Gasteiger charge is 2.48. The lowest BCUT2D eigenvalue weighted by Gasteiger charge is -2.33. The molecule has 0 radical (unpaired) electrons. The molecule has 0 spiro atoms. The number of fused-ring (bicyclic) bond motifs is 3. The van der Waals surface area contributed by atoms with Crippen molar-refractivity contribution in [1.29, 1.82) is 0 Å². The summed E-state index contributed by atoms with van der Waals surface area (Å²) in [6.07, 6.45) is 0.302. The highest BCUT2D eigenvalue weighted by atomic mass is 19.1. The highest BCUT2D eigenvalue weighted by molar-refractivity contribution is 5.95. The molecule has 192 valence electrons. The van der Waals surface area contributed by atoms with E-state index in [2.05, 4.69) is 10.2 Å². The number of aromatic nitrogens is 2. The van der Waals surface area contributed by atoms with Gasteiger partial charge in [-0.05, 0) is 54.4 Å². The molecular weight excluding hydrogens is 494 g/mol. The van der Waals surface area contributed by atoms with Crippen molar-refractivity contribution in [3.05, 3.63) is 106 Å². The zero-order valence-electron chi connectivity index (χ0n) is 20.1. The highest BCUT2D eigenvalue weighted by Crippen LogP contribution is 2.33. The number of hydrogen-bond acceptors (Lipinski definition) is 5. The number of carbonyl (C=O) groups excluding carboxylic acids is 2. The van der Waals surface area contributed by atoms with Crippen LogP contribution in [-0.4, -0.2) is 57.2 Å². The fourth-order valence-corrected chi connectivity index (χ4v) is 5.30. The maximum absolute atomic E-state index is 14.8. The lowest BCUT2D eigenvalue weighted by atomic mass is 10.0. The van der Waals surface area contributed by atoms with Gasteiger partial charge in [-0.3, -0.25) is 9.59 Å². The molecule has 0 saturated carbocycles. The Bertz CT molecular complexity index is 1620. The van der Waals surface area contributed by atoms with Gasteiger partial charge in [-0.25, -0.2) is 18.7 Å². The fraction of sp³-hybridized carbons (Fsp3) is 0.214. The largest absolute Gasteiger partial charge is 0.415 e. The van der Waals surface area contributed by atoms with Crippen LogP contribution in [0.25, 0.3) is 10.8 Å². The van der Waals surface area contributed by atoms with Crippen LogP contribution in [0.5, 0.6) is 5.75 Å². The van der Waals surface area contributed by atoms with E-state index in [4.69, 9.17) is 4.74 Å². The average Bonchev–Trinajstić information content (AvgIpc) is 3.54. The van der Waals surface area contributed by atoms with Crippen LogP contribution in [0.2, 0.25) is 0 Å². The number of piperazine rings is 1. The van der Waals surface area contributed by atoms with E-state index in [1.165, 1.54) is 36.4 Å². The van der Waals surface area contributed by atoms with Crippen molar-refractivity contribution in [3.63, 3.8) is 0 Å². The lowest BCUT2D eigenvalue weighted by Crippen LogP contribution is -2.51. The van der Waals surface area contributed by atoms with Gasteiger partial charge in [0.2, 0.25) is 0 Å². The Balaban J connectivity index is 1.17. The third-order valence-corrected chi connectivity index (χ3v) is 7.16. The molecule has 1 aromatic heterocycles. The third kappa shape index (κ3) is 4.27. The molecule has 2 fully saturated rings. The first-order chi connectivity index (χ1) is 18.4. The van der Waals surface area contributed by atoms with E-state index in [1.807, 2.05) is 6.07 Å². The molecular formula is C28H22F2N4O4. The third-order valence-electron chi connectivity index (χ3n) is 7.16. The maximum Gasteiger partial charge on any atom is 0.415 e. The van der Waals surface area contributed by atoms with Gasteiger partial charge in [0.1, 0.15) is 17.4 Å². The van der Waals surface area contributed by atoms with Crippen molar-refractivity contribution < 1.29 is 23.1 Å². The summed E-state index contributed by atoms with van der Waals surface area (Å²) in [4.78, 5) is 41.3. The summed E-state index contributed by atoms with van der Waals surface area (Å²) in [6.45, 7) is 0.531. The molecule has 2 bridgehead atoms. The molecule has 3 aromatic carbocycles. The number of H-pyrrole nitrogens is 1. The standard InChI is InChI=1S/C28H22F2N4O4/c29-17-6-8-20(9-7-17)38-28(37)34-15-18-13-19(34)14-33(18)27(36)23-11-16(5-10-24(23)30)12-25-21-3-1-2-4-22(21)26(35)32-31-25/h1-11,18-19H,12-15H2,(H,32,35). The topological polar surface area (TPSA) is 95.6 Å². The van der Waals surface area contributed by atoms with Gasteiger partial charge < -0.3 is 14.5 Å². The summed E-state index contributed by atoms with van der Waals surface area (Å²) in [5.41, 5.74) is 0.942. The average molecular weight is 517 g/mol. The summed E-state index contributed by atoms with van der Waals surface area (Å²) < 4.78 is 33.3. The molecule has 2 amide bonds. The van der Waals surface area contributed by atoms with E-state index in [-0.39, 0.29) is 42.0 Å². The molecule has 8 nitrogen and oxygen atoms in total. The van der Waals surface area contributed by atoms with E-state index >= 15 is 0 Å². The Morgan fingerprint density at radius 1 is 0.947 bits per heavy atom. The summed E-state index contributed by atoms with van der Waals surface area (Å²) in [7, 11) is 0. The number of benzene rings is 3.